The second-order valence-corrected chi connectivity index (χ2v) is 6.90. The van der Waals surface area contributed by atoms with E-state index in [1.807, 2.05) is 18.4 Å². The van der Waals surface area contributed by atoms with Gasteiger partial charge in [0, 0.05) is 0 Å². The minimum Gasteiger partial charge on any atom is -0.347 e. The van der Waals surface area contributed by atoms with Crippen molar-refractivity contribution in [2.45, 2.75) is 18.6 Å². The van der Waals surface area contributed by atoms with Gasteiger partial charge in [-0.1, -0.05) is 23.9 Å². The maximum Gasteiger partial charge on any atom is 0.228 e. The second kappa shape index (κ2) is 6.06. The van der Waals surface area contributed by atoms with Crippen LogP contribution in [-0.2, 0) is 6.54 Å². The van der Waals surface area contributed by atoms with Crippen LogP contribution in [0.15, 0.2) is 34.0 Å². The summed E-state index contributed by atoms with van der Waals surface area (Å²) in [6.45, 7) is 2.58. The number of H-pyrrole nitrogens is 1. The molecule has 0 aliphatic heterocycles. The van der Waals surface area contributed by atoms with E-state index in [9.17, 15) is 0 Å². The van der Waals surface area contributed by atoms with Crippen LogP contribution in [0.3, 0.4) is 0 Å². The maximum atomic E-state index is 4.65. The van der Waals surface area contributed by atoms with E-state index in [-0.39, 0.29) is 0 Å². The van der Waals surface area contributed by atoms with Gasteiger partial charge in [-0.3, -0.25) is 0 Å². The molecule has 3 heterocycles. The number of fused-ring (bicyclic) bond motifs is 2. The van der Waals surface area contributed by atoms with Gasteiger partial charge in [0.15, 0.2) is 10.8 Å². The van der Waals surface area contributed by atoms with E-state index in [4.69, 9.17) is 0 Å². The Bertz CT molecular complexity index is 1040. The summed E-state index contributed by atoms with van der Waals surface area (Å²) in [5.74, 6) is 1.48. The largest absolute Gasteiger partial charge is 0.347 e. The Morgan fingerprint density at radius 3 is 2.96 bits per heavy atom. The molecular weight excluding hydrogens is 390 g/mol. The molecule has 0 spiro atoms. The lowest BCUT2D eigenvalue weighted by Gasteiger charge is -2.07. The zero-order valence-corrected chi connectivity index (χ0v) is 15.4. The minimum atomic E-state index is 0.519. The van der Waals surface area contributed by atoms with Crippen LogP contribution >= 0.6 is 27.7 Å². The molecule has 0 saturated carbocycles. The average Bonchev–Trinajstić information content (AvgIpc) is 3.17. The Hall–Kier alpha value is -2.13. The van der Waals surface area contributed by atoms with Crippen molar-refractivity contribution in [1.29, 1.82) is 0 Å². The van der Waals surface area contributed by atoms with Gasteiger partial charge in [-0.2, -0.15) is 14.6 Å². The van der Waals surface area contributed by atoms with Crippen LogP contribution in [0.1, 0.15) is 11.4 Å². The van der Waals surface area contributed by atoms with Crippen molar-refractivity contribution in [3.63, 3.8) is 0 Å². The Morgan fingerprint density at radius 2 is 2.17 bits per heavy atom. The summed E-state index contributed by atoms with van der Waals surface area (Å²) >= 11 is 4.95. The van der Waals surface area contributed by atoms with Gasteiger partial charge in [0.1, 0.15) is 5.82 Å². The van der Waals surface area contributed by atoms with Crippen LogP contribution in [0.4, 0.5) is 5.95 Å². The number of nitrogens with one attached hydrogen (secondary N) is 2. The van der Waals surface area contributed by atoms with Gasteiger partial charge in [-0.05, 0) is 40.7 Å². The van der Waals surface area contributed by atoms with Crippen molar-refractivity contribution in [1.82, 2.24) is 29.5 Å². The number of nitrogens with zero attached hydrogens (tertiary/aromatic N) is 5. The van der Waals surface area contributed by atoms with Crippen LogP contribution in [-0.4, -0.2) is 35.8 Å². The van der Waals surface area contributed by atoms with Crippen LogP contribution in [0, 0.1) is 6.92 Å². The number of aryl methyl sites for hydroxylation is 1. The molecule has 9 heteroatoms. The first kappa shape index (κ1) is 15.4. The molecule has 0 radical (unpaired) electrons. The summed E-state index contributed by atoms with van der Waals surface area (Å²) in [4.78, 5) is 16.9. The number of hydrogen-bond acceptors (Lipinski definition) is 6. The summed E-state index contributed by atoms with van der Waals surface area (Å²) in [5.41, 5.74) is 3.91. The molecule has 0 unspecified atom stereocenters. The molecule has 0 bridgehead atoms. The molecule has 2 N–H and O–H groups in total. The Morgan fingerprint density at radius 1 is 1.29 bits per heavy atom. The number of imidazole rings is 1. The third-order valence-electron chi connectivity index (χ3n) is 3.66. The number of halogens is 1. The highest BCUT2D eigenvalue weighted by Crippen LogP contribution is 2.22. The number of benzene rings is 1. The zero-order valence-electron chi connectivity index (χ0n) is 13.0. The number of rotatable bonds is 4. The molecule has 0 saturated heterocycles. The standard InChI is InChI=1S/C15H14BrN7S/c1-8-4-3-5-10-12(8)20-11(19-10)7-17-14-22-15(24-2)21-13-9(16)6-18-23(13)14/h3-6H,7H2,1-2H3,(H,19,20)(H,17,21,22). The molecule has 0 fully saturated rings. The van der Waals surface area contributed by atoms with Gasteiger partial charge in [-0.15, -0.1) is 0 Å². The number of aromatic amines is 1. The fourth-order valence-corrected chi connectivity index (χ4v) is 3.21. The van der Waals surface area contributed by atoms with E-state index in [2.05, 4.69) is 59.3 Å². The van der Waals surface area contributed by atoms with Crippen LogP contribution in [0.2, 0.25) is 0 Å². The topological polar surface area (TPSA) is 83.8 Å². The van der Waals surface area contributed by atoms with E-state index in [1.54, 1.807) is 10.7 Å². The normalized spacial score (nSPS) is 11.5. The van der Waals surface area contributed by atoms with Crippen molar-refractivity contribution in [3.05, 3.63) is 40.3 Å². The zero-order chi connectivity index (χ0) is 16.7. The summed E-state index contributed by atoms with van der Waals surface area (Å²) in [6.07, 6.45) is 3.66. The van der Waals surface area contributed by atoms with E-state index in [0.717, 1.165) is 32.5 Å². The van der Waals surface area contributed by atoms with Crippen molar-refractivity contribution < 1.29 is 0 Å². The SMILES string of the molecule is CSc1nc(NCc2nc3c(C)cccc3[nH]2)n2ncc(Br)c2n1. The predicted octanol–water partition coefficient (Wildman–Crippen LogP) is 3.41. The second-order valence-electron chi connectivity index (χ2n) is 5.27. The molecule has 1 aromatic carbocycles. The van der Waals surface area contributed by atoms with Gasteiger partial charge in [0.25, 0.3) is 0 Å². The van der Waals surface area contributed by atoms with E-state index in [0.29, 0.717) is 17.6 Å². The number of para-hydroxylation sites is 1. The molecule has 0 amide bonds. The first-order valence-corrected chi connectivity index (χ1v) is 9.31. The Kier molecular flexibility index (Phi) is 3.89. The summed E-state index contributed by atoms with van der Waals surface area (Å²) in [6, 6.07) is 6.10. The van der Waals surface area contributed by atoms with E-state index >= 15 is 0 Å². The molecule has 24 heavy (non-hydrogen) atoms. The number of hydrogen-bond donors (Lipinski definition) is 2. The highest BCUT2D eigenvalue weighted by molar-refractivity contribution is 9.10. The van der Waals surface area contributed by atoms with Crippen LogP contribution in [0.25, 0.3) is 16.7 Å². The molecular formula is C15H14BrN7S. The molecule has 4 aromatic rings. The molecule has 0 aliphatic rings. The fourth-order valence-electron chi connectivity index (χ4n) is 2.51. The van der Waals surface area contributed by atoms with Crippen LogP contribution < -0.4 is 5.32 Å². The molecule has 4 rings (SSSR count). The van der Waals surface area contributed by atoms with Gasteiger partial charge >= 0.3 is 0 Å². The third-order valence-corrected chi connectivity index (χ3v) is 4.77. The maximum absolute atomic E-state index is 4.65. The number of thioether (sulfide) groups is 1. The Balaban J connectivity index is 1.67. The van der Waals surface area contributed by atoms with Gasteiger partial charge < -0.3 is 10.3 Å². The van der Waals surface area contributed by atoms with Crippen LogP contribution in [0.5, 0.6) is 0 Å². The smallest absolute Gasteiger partial charge is 0.228 e. The monoisotopic (exact) mass is 403 g/mol. The molecule has 0 atom stereocenters. The highest BCUT2D eigenvalue weighted by atomic mass is 79.9. The highest BCUT2D eigenvalue weighted by Gasteiger charge is 2.12. The number of aromatic nitrogens is 6. The van der Waals surface area contributed by atoms with Crippen molar-refractivity contribution in [3.8, 4) is 0 Å². The molecule has 122 valence electrons. The minimum absolute atomic E-state index is 0.519. The lowest BCUT2D eigenvalue weighted by atomic mass is 10.2. The Labute approximate surface area is 150 Å². The lowest BCUT2D eigenvalue weighted by Crippen LogP contribution is -2.10. The van der Waals surface area contributed by atoms with E-state index in [1.165, 1.54) is 11.8 Å². The first-order valence-electron chi connectivity index (χ1n) is 7.29. The van der Waals surface area contributed by atoms with Crippen molar-refractivity contribution in [2.24, 2.45) is 0 Å². The molecule has 3 aromatic heterocycles. The van der Waals surface area contributed by atoms with E-state index < -0.39 is 0 Å². The lowest BCUT2D eigenvalue weighted by molar-refractivity contribution is 0.824. The quantitative estimate of drug-likeness (QED) is 0.508. The summed E-state index contributed by atoms with van der Waals surface area (Å²) in [5, 5.41) is 8.29. The summed E-state index contributed by atoms with van der Waals surface area (Å²) < 4.78 is 2.51. The van der Waals surface area contributed by atoms with Gasteiger partial charge in [0.05, 0.1) is 28.2 Å². The van der Waals surface area contributed by atoms with Crippen molar-refractivity contribution in [2.75, 3.05) is 11.6 Å². The molecule has 7 nitrogen and oxygen atoms in total. The predicted molar refractivity (Wildman–Crippen MR) is 98.4 cm³/mol. The van der Waals surface area contributed by atoms with Gasteiger partial charge in [-0.25, -0.2) is 9.97 Å². The van der Waals surface area contributed by atoms with Crippen molar-refractivity contribution >= 4 is 50.3 Å². The first-order chi connectivity index (χ1) is 11.7. The average molecular weight is 404 g/mol. The fraction of sp³-hybridized carbons (Fsp3) is 0.200. The summed E-state index contributed by atoms with van der Waals surface area (Å²) in [7, 11) is 0. The third kappa shape index (κ3) is 2.63. The molecule has 0 aliphatic carbocycles. The van der Waals surface area contributed by atoms with Gasteiger partial charge in [0.2, 0.25) is 5.95 Å². The number of anilines is 1.